The molecule has 32 heavy (non-hydrogen) atoms. The van der Waals surface area contributed by atoms with Gasteiger partial charge >= 0.3 is 0 Å². The van der Waals surface area contributed by atoms with Crippen molar-refractivity contribution in [3.8, 4) is 5.75 Å². The predicted molar refractivity (Wildman–Crippen MR) is 130 cm³/mol. The Labute approximate surface area is 191 Å². The zero-order valence-electron chi connectivity index (χ0n) is 19.0. The standard InChI is InChI=1S/C28H32N2O2/c1-21-15-17-30(18-16-21)26-13-11-24(12-14-26)22(2)29-28(31)25-9-6-10-27(19-25)32-20-23-7-4-3-5-8-23/h3-14,19,21-22H,15-18,20H2,1-2H3,(H,29,31). The van der Waals surface area contributed by atoms with Crippen LogP contribution in [0.2, 0.25) is 0 Å². The van der Waals surface area contributed by atoms with Crippen LogP contribution in [0.25, 0.3) is 0 Å². The first-order chi connectivity index (χ1) is 15.6. The summed E-state index contributed by atoms with van der Waals surface area (Å²) in [4.78, 5) is 15.3. The summed E-state index contributed by atoms with van der Waals surface area (Å²) in [6.07, 6.45) is 2.50. The third-order valence-corrected chi connectivity index (χ3v) is 6.23. The molecule has 0 radical (unpaired) electrons. The lowest BCUT2D eigenvalue weighted by molar-refractivity contribution is 0.0939. The summed E-state index contributed by atoms with van der Waals surface area (Å²) in [7, 11) is 0. The van der Waals surface area contributed by atoms with E-state index in [0.717, 1.165) is 30.1 Å². The zero-order valence-corrected chi connectivity index (χ0v) is 19.0. The Hall–Kier alpha value is -3.27. The average Bonchev–Trinajstić information content (AvgIpc) is 2.84. The molecular formula is C28H32N2O2. The van der Waals surface area contributed by atoms with Crippen LogP contribution in [0.4, 0.5) is 5.69 Å². The second-order valence-electron chi connectivity index (χ2n) is 8.76. The first-order valence-electron chi connectivity index (χ1n) is 11.5. The van der Waals surface area contributed by atoms with E-state index in [1.807, 2.05) is 55.5 Å². The predicted octanol–water partition coefficient (Wildman–Crippen LogP) is 5.99. The molecule has 1 unspecified atom stereocenters. The van der Waals surface area contributed by atoms with Gasteiger partial charge in [0.1, 0.15) is 12.4 Å². The van der Waals surface area contributed by atoms with Gasteiger partial charge in [0, 0.05) is 24.3 Å². The van der Waals surface area contributed by atoms with Gasteiger partial charge < -0.3 is 15.0 Å². The number of carbonyl (C=O) groups is 1. The van der Waals surface area contributed by atoms with Gasteiger partial charge in [0.25, 0.3) is 5.91 Å². The summed E-state index contributed by atoms with van der Waals surface area (Å²) in [6, 6.07) is 25.9. The second-order valence-corrected chi connectivity index (χ2v) is 8.76. The van der Waals surface area contributed by atoms with Crippen LogP contribution >= 0.6 is 0 Å². The normalized spacial score (nSPS) is 15.2. The fourth-order valence-electron chi connectivity index (χ4n) is 4.07. The summed E-state index contributed by atoms with van der Waals surface area (Å²) < 4.78 is 5.87. The molecule has 0 bridgehead atoms. The van der Waals surface area contributed by atoms with E-state index in [1.54, 1.807) is 6.07 Å². The van der Waals surface area contributed by atoms with Crippen molar-refractivity contribution in [1.29, 1.82) is 0 Å². The third-order valence-electron chi connectivity index (χ3n) is 6.23. The van der Waals surface area contributed by atoms with E-state index in [1.165, 1.54) is 18.5 Å². The van der Waals surface area contributed by atoms with E-state index in [9.17, 15) is 4.79 Å². The van der Waals surface area contributed by atoms with Crippen LogP contribution in [0.3, 0.4) is 0 Å². The largest absolute Gasteiger partial charge is 0.489 e. The maximum atomic E-state index is 12.8. The van der Waals surface area contributed by atoms with Crippen LogP contribution in [0.1, 0.15) is 54.2 Å². The monoisotopic (exact) mass is 428 g/mol. The van der Waals surface area contributed by atoms with Gasteiger partial charge in [0.15, 0.2) is 0 Å². The number of nitrogens with zero attached hydrogens (tertiary/aromatic N) is 1. The van der Waals surface area contributed by atoms with Crippen LogP contribution < -0.4 is 15.0 Å². The first kappa shape index (κ1) is 21.9. The molecule has 1 N–H and O–H groups in total. The quantitative estimate of drug-likeness (QED) is 0.502. The molecule has 1 atom stereocenters. The molecule has 1 amide bonds. The molecule has 4 nitrogen and oxygen atoms in total. The second kappa shape index (κ2) is 10.4. The molecular weight excluding hydrogens is 396 g/mol. The molecule has 4 rings (SSSR count). The number of benzene rings is 3. The summed E-state index contributed by atoms with van der Waals surface area (Å²) >= 11 is 0. The molecule has 1 saturated heterocycles. The molecule has 0 aliphatic carbocycles. The minimum atomic E-state index is -0.100. The third kappa shape index (κ3) is 5.70. The van der Waals surface area contributed by atoms with Crippen LogP contribution in [-0.2, 0) is 6.61 Å². The van der Waals surface area contributed by atoms with Crippen LogP contribution in [0, 0.1) is 5.92 Å². The summed E-state index contributed by atoms with van der Waals surface area (Å²) in [6.45, 7) is 7.07. The number of nitrogens with one attached hydrogen (secondary N) is 1. The van der Waals surface area contributed by atoms with E-state index in [4.69, 9.17) is 4.74 Å². The Bertz CT molecular complexity index is 1010. The topological polar surface area (TPSA) is 41.6 Å². The van der Waals surface area contributed by atoms with Crippen molar-refractivity contribution in [3.05, 3.63) is 95.6 Å². The molecule has 3 aromatic carbocycles. The number of carbonyl (C=O) groups excluding carboxylic acids is 1. The lowest BCUT2D eigenvalue weighted by atomic mass is 9.98. The highest BCUT2D eigenvalue weighted by Gasteiger charge is 2.17. The van der Waals surface area contributed by atoms with Crippen molar-refractivity contribution in [2.75, 3.05) is 18.0 Å². The number of hydrogen-bond donors (Lipinski definition) is 1. The fraction of sp³-hybridized carbons (Fsp3) is 0.321. The van der Waals surface area contributed by atoms with E-state index in [2.05, 4.69) is 41.4 Å². The molecule has 4 heteroatoms. The summed E-state index contributed by atoms with van der Waals surface area (Å²) in [5.74, 6) is 1.41. The molecule has 1 aliphatic heterocycles. The van der Waals surface area contributed by atoms with Crippen molar-refractivity contribution in [2.24, 2.45) is 5.92 Å². The van der Waals surface area contributed by atoms with Gasteiger partial charge in [-0.15, -0.1) is 0 Å². The Balaban J connectivity index is 1.34. The lowest BCUT2D eigenvalue weighted by Crippen LogP contribution is -2.32. The highest BCUT2D eigenvalue weighted by atomic mass is 16.5. The van der Waals surface area contributed by atoms with Gasteiger partial charge in [0.05, 0.1) is 6.04 Å². The fourth-order valence-corrected chi connectivity index (χ4v) is 4.07. The molecule has 166 valence electrons. The minimum absolute atomic E-state index is 0.0770. The molecule has 0 spiro atoms. The van der Waals surface area contributed by atoms with Crippen molar-refractivity contribution in [1.82, 2.24) is 5.32 Å². The molecule has 1 heterocycles. The van der Waals surface area contributed by atoms with Gasteiger partial charge in [-0.2, -0.15) is 0 Å². The molecule has 3 aromatic rings. The number of anilines is 1. The van der Waals surface area contributed by atoms with E-state index >= 15 is 0 Å². The number of rotatable bonds is 7. The van der Waals surface area contributed by atoms with Crippen molar-refractivity contribution in [2.45, 2.75) is 39.3 Å². The Morgan fingerprint density at radius 3 is 2.44 bits per heavy atom. The summed E-state index contributed by atoms with van der Waals surface area (Å²) in [5, 5.41) is 3.11. The van der Waals surface area contributed by atoms with E-state index in [0.29, 0.717) is 17.9 Å². The highest BCUT2D eigenvalue weighted by molar-refractivity contribution is 5.94. The Morgan fingerprint density at radius 1 is 1.00 bits per heavy atom. The molecule has 1 fully saturated rings. The molecule has 0 aromatic heterocycles. The smallest absolute Gasteiger partial charge is 0.251 e. The van der Waals surface area contributed by atoms with Crippen molar-refractivity contribution in [3.63, 3.8) is 0 Å². The van der Waals surface area contributed by atoms with E-state index in [-0.39, 0.29) is 11.9 Å². The van der Waals surface area contributed by atoms with Crippen molar-refractivity contribution < 1.29 is 9.53 Å². The number of amides is 1. The SMILES string of the molecule is CC1CCN(c2ccc(C(C)NC(=O)c3cccc(OCc4ccccc4)c3)cc2)CC1. The highest BCUT2D eigenvalue weighted by Crippen LogP contribution is 2.25. The molecule has 1 aliphatic rings. The van der Waals surface area contributed by atoms with Gasteiger partial charge in [0.2, 0.25) is 0 Å². The first-order valence-corrected chi connectivity index (χ1v) is 11.5. The minimum Gasteiger partial charge on any atom is -0.489 e. The maximum Gasteiger partial charge on any atom is 0.251 e. The lowest BCUT2D eigenvalue weighted by Gasteiger charge is -2.32. The summed E-state index contributed by atoms with van der Waals surface area (Å²) in [5.41, 5.74) is 4.06. The average molecular weight is 429 g/mol. The van der Waals surface area contributed by atoms with Gasteiger partial charge in [-0.25, -0.2) is 0 Å². The zero-order chi connectivity index (χ0) is 22.3. The van der Waals surface area contributed by atoms with Crippen molar-refractivity contribution >= 4 is 11.6 Å². The van der Waals surface area contributed by atoms with Gasteiger partial charge in [-0.05, 0) is 67.1 Å². The van der Waals surface area contributed by atoms with E-state index < -0.39 is 0 Å². The Morgan fingerprint density at radius 2 is 1.72 bits per heavy atom. The number of piperidine rings is 1. The number of hydrogen-bond acceptors (Lipinski definition) is 3. The number of ether oxygens (including phenoxy) is 1. The maximum absolute atomic E-state index is 12.8. The molecule has 0 saturated carbocycles. The van der Waals surface area contributed by atoms with Crippen LogP contribution in [0.5, 0.6) is 5.75 Å². The van der Waals surface area contributed by atoms with Crippen LogP contribution in [0.15, 0.2) is 78.9 Å². The van der Waals surface area contributed by atoms with Gasteiger partial charge in [-0.3, -0.25) is 4.79 Å². The van der Waals surface area contributed by atoms with Crippen LogP contribution in [-0.4, -0.2) is 19.0 Å². The van der Waals surface area contributed by atoms with Gasteiger partial charge in [-0.1, -0.05) is 55.5 Å². The Kier molecular flexibility index (Phi) is 7.10.